The van der Waals surface area contributed by atoms with Crippen LogP contribution in [0.2, 0.25) is 5.02 Å². The van der Waals surface area contributed by atoms with E-state index in [0.29, 0.717) is 0 Å². The molecule has 0 spiro atoms. The molecule has 0 aliphatic heterocycles. The molecule has 1 aromatic rings. The monoisotopic (exact) mass is 271 g/mol. The third-order valence-electron chi connectivity index (χ3n) is 2.17. The fourth-order valence-corrected chi connectivity index (χ4v) is 3.31. The molecule has 0 amide bonds. The van der Waals surface area contributed by atoms with Crippen LogP contribution in [0.4, 0.5) is 0 Å². The molecule has 0 fully saturated rings. The summed E-state index contributed by atoms with van der Waals surface area (Å²) in [6.07, 6.45) is 2.05. The molecule has 0 atom stereocenters. The van der Waals surface area contributed by atoms with Crippen molar-refractivity contribution in [3.8, 4) is 0 Å². The number of hydrogen-bond donors (Lipinski definition) is 0. The molecule has 0 aliphatic carbocycles. The maximum Gasteiger partial charge on any atom is 0.389 e. The second-order valence-electron chi connectivity index (χ2n) is 3.88. The van der Waals surface area contributed by atoms with Crippen molar-refractivity contribution in [3.63, 3.8) is 0 Å². The SMILES string of the molecule is CCCO[Si](Cc1cccc(Cl)c1)OCCC. The smallest absolute Gasteiger partial charge is 0.389 e. The molecule has 1 aromatic carbocycles. The second kappa shape index (κ2) is 8.70. The molecule has 17 heavy (non-hydrogen) atoms. The third kappa shape index (κ3) is 6.22. The summed E-state index contributed by atoms with van der Waals surface area (Å²) >= 11 is 5.97. The Morgan fingerprint density at radius 3 is 2.29 bits per heavy atom. The van der Waals surface area contributed by atoms with Gasteiger partial charge in [0.1, 0.15) is 0 Å². The Kier molecular flexibility index (Phi) is 7.52. The highest BCUT2D eigenvalue weighted by Crippen LogP contribution is 2.13. The second-order valence-corrected chi connectivity index (χ2v) is 5.99. The molecule has 0 aromatic heterocycles. The van der Waals surface area contributed by atoms with Crippen molar-refractivity contribution in [1.82, 2.24) is 0 Å². The summed E-state index contributed by atoms with van der Waals surface area (Å²) in [5.74, 6) is 0. The quantitative estimate of drug-likeness (QED) is 0.670. The first kappa shape index (κ1) is 14.7. The van der Waals surface area contributed by atoms with Crippen LogP contribution in [0.3, 0.4) is 0 Å². The maximum absolute atomic E-state index is 5.97. The van der Waals surface area contributed by atoms with Crippen molar-refractivity contribution in [2.45, 2.75) is 32.7 Å². The minimum absolute atomic E-state index is 0.773. The zero-order chi connectivity index (χ0) is 12.5. The molecule has 0 unspecified atom stereocenters. The van der Waals surface area contributed by atoms with Gasteiger partial charge in [-0.1, -0.05) is 37.6 Å². The van der Waals surface area contributed by atoms with Gasteiger partial charge in [0.15, 0.2) is 0 Å². The van der Waals surface area contributed by atoms with Gasteiger partial charge in [-0.3, -0.25) is 0 Å². The number of benzene rings is 1. The van der Waals surface area contributed by atoms with Gasteiger partial charge < -0.3 is 8.85 Å². The van der Waals surface area contributed by atoms with Gasteiger partial charge >= 0.3 is 9.28 Å². The zero-order valence-corrected chi connectivity index (χ0v) is 12.3. The minimum atomic E-state index is -1.20. The lowest BCUT2D eigenvalue weighted by Gasteiger charge is -2.14. The van der Waals surface area contributed by atoms with E-state index in [4.69, 9.17) is 20.5 Å². The molecular weight excluding hydrogens is 252 g/mol. The Balaban J connectivity index is 2.51. The minimum Gasteiger partial charge on any atom is -0.393 e. The highest BCUT2D eigenvalue weighted by atomic mass is 35.5. The van der Waals surface area contributed by atoms with Gasteiger partial charge in [0.05, 0.1) is 0 Å². The van der Waals surface area contributed by atoms with Crippen LogP contribution in [0.5, 0.6) is 0 Å². The van der Waals surface area contributed by atoms with Crippen LogP contribution in [0, 0.1) is 0 Å². The lowest BCUT2D eigenvalue weighted by molar-refractivity contribution is 0.196. The van der Waals surface area contributed by atoms with E-state index in [9.17, 15) is 0 Å². The molecule has 1 rings (SSSR count). The average molecular weight is 272 g/mol. The van der Waals surface area contributed by atoms with E-state index < -0.39 is 9.28 Å². The Labute approximate surface area is 111 Å². The van der Waals surface area contributed by atoms with Crippen LogP contribution in [-0.2, 0) is 14.9 Å². The van der Waals surface area contributed by atoms with Gasteiger partial charge in [-0.15, -0.1) is 0 Å². The summed E-state index contributed by atoms with van der Waals surface area (Å²) in [6, 6.07) is 8.76. The molecule has 95 valence electrons. The van der Waals surface area contributed by atoms with Crippen LogP contribution in [0.1, 0.15) is 32.3 Å². The molecule has 2 nitrogen and oxygen atoms in total. The molecule has 0 saturated carbocycles. The van der Waals surface area contributed by atoms with Crippen LogP contribution in [-0.4, -0.2) is 22.5 Å². The predicted molar refractivity (Wildman–Crippen MR) is 73.4 cm³/mol. The Hall–Kier alpha value is -0.353. The summed E-state index contributed by atoms with van der Waals surface area (Å²) < 4.78 is 11.5. The van der Waals surface area contributed by atoms with E-state index in [1.165, 1.54) is 5.56 Å². The van der Waals surface area contributed by atoms with E-state index in [0.717, 1.165) is 37.1 Å². The maximum atomic E-state index is 5.97. The largest absolute Gasteiger partial charge is 0.393 e. The van der Waals surface area contributed by atoms with Gasteiger partial charge in [0.25, 0.3) is 0 Å². The van der Waals surface area contributed by atoms with E-state index in [1.807, 2.05) is 18.2 Å². The molecule has 0 saturated heterocycles. The lowest BCUT2D eigenvalue weighted by Crippen LogP contribution is -2.27. The van der Waals surface area contributed by atoms with Crippen molar-refractivity contribution in [2.24, 2.45) is 0 Å². The normalized spacial score (nSPS) is 11.1. The van der Waals surface area contributed by atoms with Crippen LogP contribution in [0.15, 0.2) is 24.3 Å². The van der Waals surface area contributed by atoms with E-state index in [2.05, 4.69) is 19.9 Å². The fraction of sp³-hybridized carbons (Fsp3) is 0.538. The van der Waals surface area contributed by atoms with Crippen molar-refractivity contribution < 1.29 is 8.85 Å². The number of halogens is 1. The average Bonchev–Trinajstić information content (AvgIpc) is 2.32. The first-order valence-corrected chi connectivity index (χ1v) is 8.02. The van der Waals surface area contributed by atoms with Gasteiger partial charge in [-0.2, -0.15) is 0 Å². The lowest BCUT2D eigenvalue weighted by atomic mass is 10.2. The van der Waals surface area contributed by atoms with Crippen LogP contribution in [0.25, 0.3) is 0 Å². The Morgan fingerprint density at radius 1 is 1.12 bits per heavy atom. The van der Waals surface area contributed by atoms with E-state index in [1.54, 1.807) is 0 Å². The van der Waals surface area contributed by atoms with Crippen molar-refractivity contribution >= 4 is 20.9 Å². The molecule has 0 N–H and O–H groups in total. The Morgan fingerprint density at radius 2 is 1.76 bits per heavy atom. The standard InChI is InChI=1S/C13H20ClO2Si/c1-3-8-15-17(16-9-4-2)11-12-6-5-7-13(14)10-12/h5-7,10H,3-4,8-9,11H2,1-2H3. The van der Waals surface area contributed by atoms with Crippen LogP contribution < -0.4 is 0 Å². The first-order valence-electron chi connectivity index (χ1n) is 6.12. The van der Waals surface area contributed by atoms with Gasteiger partial charge in [-0.05, 0) is 30.5 Å². The topological polar surface area (TPSA) is 18.5 Å². The van der Waals surface area contributed by atoms with Crippen molar-refractivity contribution in [2.75, 3.05) is 13.2 Å². The zero-order valence-electron chi connectivity index (χ0n) is 10.5. The number of hydrogen-bond acceptors (Lipinski definition) is 2. The summed E-state index contributed by atoms with van der Waals surface area (Å²) in [4.78, 5) is 0. The summed E-state index contributed by atoms with van der Waals surface area (Å²) in [7, 11) is -1.20. The van der Waals surface area contributed by atoms with Gasteiger partial charge in [0, 0.05) is 24.3 Å². The summed E-state index contributed by atoms with van der Waals surface area (Å²) in [5, 5.41) is 0.773. The highest BCUT2D eigenvalue weighted by molar-refractivity contribution is 6.43. The van der Waals surface area contributed by atoms with Gasteiger partial charge in [-0.25, -0.2) is 0 Å². The Bertz CT molecular complexity index is 312. The highest BCUT2D eigenvalue weighted by Gasteiger charge is 2.16. The van der Waals surface area contributed by atoms with Crippen LogP contribution >= 0.6 is 11.6 Å². The molecule has 0 aliphatic rings. The molecule has 0 bridgehead atoms. The number of rotatable bonds is 8. The molecule has 4 heteroatoms. The van der Waals surface area contributed by atoms with Gasteiger partial charge in [0.2, 0.25) is 0 Å². The fourth-order valence-electron chi connectivity index (χ4n) is 1.39. The molecular formula is C13H20ClO2Si. The third-order valence-corrected chi connectivity index (χ3v) is 4.16. The van der Waals surface area contributed by atoms with Crippen molar-refractivity contribution in [3.05, 3.63) is 34.9 Å². The summed E-state index contributed by atoms with van der Waals surface area (Å²) in [6.45, 7) is 5.77. The summed E-state index contributed by atoms with van der Waals surface area (Å²) in [5.41, 5.74) is 1.19. The van der Waals surface area contributed by atoms with Crippen molar-refractivity contribution in [1.29, 1.82) is 0 Å². The molecule has 1 radical (unpaired) electrons. The van der Waals surface area contributed by atoms with E-state index >= 15 is 0 Å². The molecule has 0 heterocycles. The first-order chi connectivity index (χ1) is 8.26. The van der Waals surface area contributed by atoms with E-state index in [-0.39, 0.29) is 0 Å². The predicted octanol–water partition coefficient (Wildman–Crippen LogP) is 3.76.